The second kappa shape index (κ2) is 10.4. The number of rotatable bonds is 7. The van der Waals surface area contributed by atoms with Crippen molar-refractivity contribution in [2.75, 3.05) is 0 Å². The van der Waals surface area contributed by atoms with Crippen molar-refractivity contribution in [3.05, 3.63) is 53.5 Å². The van der Waals surface area contributed by atoms with E-state index in [1.165, 1.54) is 24.0 Å². The van der Waals surface area contributed by atoms with Gasteiger partial charge in [0.05, 0.1) is 0 Å². The third kappa shape index (κ3) is 7.27. The minimum absolute atomic E-state index is 0. The lowest BCUT2D eigenvalue weighted by Gasteiger charge is -2.24. The van der Waals surface area contributed by atoms with Crippen molar-refractivity contribution in [3.8, 4) is 0 Å². The summed E-state index contributed by atoms with van der Waals surface area (Å²) in [4.78, 5) is 22.6. The standard InChI is InChI=1S/C14H15O.C10H18O.H2/c1-11-5-7-12(8-6-11)3-2-4-14(15)13-9-10-13;1-3-10(11)9-6-4-8(2)5-7-9;/h5-10H,2-4H2,1H3;8-9H,3-7H2,1-2H3;1H. The predicted molar refractivity (Wildman–Crippen MR) is 110 cm³/mol. The van der Waals surface area contributed by atoms with Crippen molar-refractivity contribution in [2.45, 2.75) is 72.1 Å². The Hall–Kier alpha value is -1.70. The fourth-order valence-corrected chi connectivity index (χ4v) is 3.45. The van der Waals surface area contributed by atoms with Crippen molar-refractivity contribution in [1.82, 2.24) is 0 Å². The van der Waals surface area contributed by atoms with Gasteiger partial charge in [-0.15, -0.1) is 0 Å². The molecule has 0 saturated heterocycles. The minimum atomic E-state index is 0. The van der Waals surface area contributed by atoms with E-state index in [0.29, 0.717) is 23.9 Å². The number of carbonyl (C=O) groups is 2. The highest BCUT2D eigenvalue weighted by Gasteiger charge is 2.22. The Bertz CT molecular complexity index is 622. The smallest absolute Gasteiger partial charge is 0.159 e. The quantitative estimate of drug-likeness (QED) is 0.595. The fraction of sp³-hybridized carbons (Fsp3) is 0.542. The van der Waals surface area contributed by atoms with Crippen molar-refractivity contribution in [1.29, 1.82) is 0 Å². The lowest BCUT2D eigenvalue weighted by Crippen LogP contribution is -2.19. The number of Topliss-reactive ketones (excluding diaryl/α,β-unsaturated/α-hetero) is 2. The number of aryl methyl sites for hydroxylation is 2. The Morgan fingerprint density at radius 3 is 2.23 bits per heavy atom. The molecule has 0 bridgehead atoms. The largest absolute Gasteiger partial charge is 0.299 e. The Labute approximate surface area is 160 Å². The van der Waals surface area contributed by atoms with E-state index in [1.807, 2.05) is 19.4 Å². The highest BCUT2D eigenvalue weighted by Crippen LogP contribution is 2.29. The Balaban J connectivity index is 0.000000273. The van der Waals surface area contributed by atoms with Gasteiger partial charge in [-0.3, -0.25) is 9.59 Å². The van der Waals surface area contributed by atoms with Crippen molar-refractivity contribution >= 4 is 11.6 Å². The molecule has 0 spiro atoms. The van der Waals surface area contributed by atoms with Gasteiger partial charge >= 0.3 is 0 Å². The lowest BCUT2D eigenvalue weighted by atomic mass is 9.80. The zero-order valence-corrected chi connectivity index (χ0v) is 16.6. The average Bonchev–Trinajstić information content (AvgIpc) is 3.49. The first-order valence-electron chi connectivity index (χ1n) is 10.2. The molecule has 2 heteroatoms. The fourth-order valence-electron chi connectivity index (χ4n) is 3.45. The van der Waals surface area contributed by atoms with E-state index >= 15 is 0 Å². The van der Waals surface area contributed by atoms with Crippen LogP contribution < -0.4 is 0 Å². The first-order valence-corrected chi connectivity index (χ1v) is 10.2. The third-order valence-corrected chi connectivity index (χ3v) is 5.46. The molecular weight excluding hydrogens is 320 g/mol. The van der Waals surface area contributed by atoms with E-state index in [-0.39, 0.29) is 1.43 Å². The topological polar surface area (TPSA) is 34.1 Å². The van der Waals surface area contributed by atoms with Crippen molar-refractivity contribution < 1.29 is 11.0 Å². The molecule has 0 amide bonds. The van der Waals surface area contributed by atoms with Gasteiger partial charge in [0, 0.05) is 26.6 Å². The van der Waals surface area contributed by atoms with Gasteiger partial charge in [0.1, 0.15) is 5.78 Å². The Kier molecular flexibility index (Phi) is 8.28. The molecule has 0 N–H and O–H groups in total. The van der Waals surface area contributed by atoms with E-state index in [1.54, 1.807) is 0 Å². The molecule has 0 unspecified atom stereocenters. The highest BCUT2D eigenvalue weighted by molar-refractivity contribution is 6.02. The molecule has 0 heterocycles. The van der Waals surface area contributed by atoms with Gasteiger partial charge in [-0.1, -0.05) is 62.6 Å². The zero-order valence-electron chi connectivity index (χ0n) is 16.6. The molecule has 0 aromatic heterocycles. The highest BCUT2D eigenvalue weighted by atomic mass is 16.1. The van der Waals surface area contributed by atoms with Gasteiger partial charge in [0.25, 0.3) is 0 Å². The molecule has 2 aliphatic carbocycles. The summed E-state index contributed by atoms with van der Waals surface area (Å²) < 4.78 is 0. The average molecular weight is 356 g/mol. The van der Waals surface area contributed by atoms with E-state index < -0.39 is 0 Å². The van der Waals surface area contributed by atoms with Crippen LogP contribution in [0.1, 0.15) is 71.3 Å². The molecule has 0 atom stereocenters. The van der Waals surface area contributed by atoms with E-state index in [4.69, 9.17) is 0 Å². The van der Waals surface area contributed by atoms with E-state index in [9.17, 15) is 9.59 Å². The Morgan fingerprint density at radius 1 is 1.08 bits per heavy atom. The molecule has 1 aromatic rings. The van der Waals surface area contributed by atoms with Crippen LogP contribution in [0.25, 0.3) is 0 Å². The summed E-state index contributed by atoms with van der Waals surface area (Å²) in [5, 5.41) is 0. The van der Waals surface area contributed by atoms with Gasteiger partial charge in [-0.05, 0) is 49.7 Å². The van der Waals surface area contributed by atoms with Gasteiger partial charge in [-0.25, -0.2) is 0 Å². The van der Waals surface area contributed by atoms with Crippen LogP contribution in [0.3, 0.4) is 0 Å². The molecule has 3 rings (SSSR count). The van der Waals surface area contributed by atoms with Gasteiger partial charge in [-0.2, -0.15) is 0 Å². The number of allylic oxidation sites excluding steroid dienone is 2. The van der Waals surface area contributed by atoms with Gasteiger partial charge in [0.2, 0.25) is 0 Å². The monoisotopic (exact) mass is 355 g/mol. The summed E-state index contributed by atoms with van der Waals surface area (Å²) in [6.07, 6.45) is 11.9. The van der Waals surface area contributed by atoms with Gasteiger partial charge < -0.3 is 0 Å². The lowest BCUT2D eigenvalue weighted by molar-refractivity contribution is -0.123. The van der Waals surface area contributed by atoms with Crippen LogP contribution >= 0.6 is 0 Å². The van der Waals surface area contributed by atoms with Crippen LogP contribution in [0.4, 0.5) is 0 Å². The number of hydrogen-bond acceptors (Lipinski definition) is 2. The number of ketones is 2. The minimum Gasteiger partial charge on any atom is -0.299 e. The molecule has 2 aliphatic rings. The van der Waals surface area contributed by atoms with E-state index in [0.717, 1.165) is 43.6 Å². The molecule has 1 radical (unpaired) electrons. The van der Waals surface area contributed by atoms with Crippen LogP contribution in [-0.4, -0.2) is 11.6 Å². The molecule has 0 aliphatic heterocycles. The maximum Gasteiger partial charge on any atom is 0.159 e. The number of benzene rings is 1. The first-order chi connectivity index (χ1) is 12.5. The first kappa shape index (κ1) is 20.6. The normalized spacial score (nSPS) is 21.3. The summed E-state index contributed by atoms with van der Waals surface area (Å²) in [5.74, 6) is 2.05. The van der Waals surface area contributed by atoms with Crippen LogP contribution in [0.2, 0.25) is 0 Å². The predicted octanol–water partition coefficient (Wildman–Crippen LogP) is 6.07. The van der Waals surface area contributed by atoms with E-state index in [2.05, 4.69) is 38.1 Å². The molecule has 1 saturated carbocycles. The molecular formula is C24H35O2. The maximum atomic E-state index is 11.4. The summed E-state index contributed by atoms with van der Waals surface area (Å²) in [5.41, 5.74) is 3.52. The molecule has 1 aromatic carbocycles. The third-order valence-electron chi connectivity index (χ3n) is 5.46. The number of hydrogen-bond donors (Lipinski definition) is 0. The van der Waals surface area contributed by atoms with Crippen LogP contribution in [0.15, 0.2) is 35.9 Å². The van der Waals surface area contributed by atoms with Crippen LogP contribution in [0.5, 0.6) is 0 Å². The second-order valence-electron chi connectivity index (χ2n) is 7.83. The van der Waals surface area contributed by atoms with Crippen LogP contribution in [0, 0.1) is 25.2 Å². The Morgan fingerprint density at radius 2 is 1.69 bits per heavy atom. The molecule has 143 valence electrons. The molecule has 1 fully saturated rings. The number of carbonyl (C=O) groups excluding carboxylic acids is 2. The summed E-state index contributed by atoms with van der Waals surface area (Å²) in [6, 6.07) is 8.52. The second-order valence-corrected chi connectivity index (χ2v) is 7.83. The summed E-state index contributed by atoms with van der Waals surface area (Å²) in [6.45, 7) is 6.34. The van der Waals surface area contributed by atoms with Gasteiger partial charge in [0.15, 0.2) is 5.78 Å². The summed E-state index contributed by atoms with van der Waals surface area (Å²) in [7, 11) is 0. The molecule has 2 nitrogen and oxygen atoms in total. The molecule has 26 heavy (non-hydrogen) atoms. The van der Waals surface area contributed by atoms with Crippen LogP contribution in [-0.2, 0) is 16.0 Å². The maximum absolute atomic E-state index is 11.4. The SMILES string of the molecule is CCC(=O)C1CCC(C)CC1.Cc1ccc(CCCC(=O)C2=C[CH]2)cc1.[HH]. The van der Waals surface area contributed by atoms with Crippen molar-refractivity contribution in [2.24, 2.45) is 11.8 Å². The van der Waals surface area contributed by atoms with Crippen molar-refractivity contribution in [3.63, 3.8) is 0 Å². The zero-order chi connectivity index (χ0) is 18.9. The summed E-state index contributed by atoms with van der Waals surface area (Å²) >= 11 is 0.